The van der Waals surface area contributed by atoms with E-state index in [0.717, 1.165) is 5.56 Å². The maximum absolute atomic E-state index is 11.3. The second-order valence-corrected chi connectivity index (χ2v) is 6.81. The molecule has 4 nitrogen and oxygen atoms in total. The minimum absolute atomic E-state index is 0.109. The first-order chi connectivity index (χ1) is 7.48. The van der Waals surface area contributed by atoms with Crippen molar-refractivity contribution in [2.45, 2.75) is 18.8 Å². The fourth-order valence-electron chi connectivity index (χ4n) is 1.83. The molecule has 1 aromatic heterocycles. The van der Waals surface area contributed by atoms with Gasteiger partial charge in [0.15, 0.2) is 0 Å². The molecule has 7 heteroatoms. The standard InChI is InChI=1S/C9H10Cl2N2O2S/c10-8-7(5-12-9(11)13-8)6-1-3-16(14,15)4-2-6/h5-6H,1-4H2. The molecule has 2 rings (SSSR count). The number of aromatic nitrogens is 2. The van der Waals surface area contributed by atoms with Crippen molar-refractivity contribution in [3.05, 3.63) is 22.2 Å². The Kier molecular flexibility index (Phi) is 3.37. The number of hydrogen-bond acceptors (Lipinski definition) is 4. The SMILES string of the molecule is O=S1(=O)CCC(c2cnc(Cl)nc2Cl)CC1. The molecule has 0 bridgehead atoms. The predicted molar refractivity (Wildman–Crippen MR) is 62.7 cm³/mol. The predicted octanol–water partition coefficient (Wildman–Crippen LogP) is 2.08. The third-order valence-corrected chi connectivity index (χ3v) is 4.93. The maximum Gasteiger partial charge on any atom is 0.223 e. The quantitative estimate of drug-likeness (QED) is 0.584. The minimum Gasteiger partial charge on any atom is -0.229 e. The summed E-state index contributed by atoms with van der Waals surface area (Å²) in [6.45, 7) is 0. The Hall–Kier alpha value is -0.390. The van der Waals surface area contributed by atoms with Crippen LogP contribution < -0.4 is 0 Å². The molecule has 0 aliphatic carbocycles. The van der Waals surface area contributed by atoms with Crippen molar-refractivity contribution >= 4 is 33.0 Å². The number of nitrogens with zero attached hydrogens (tertiary/aromatic N) is 2. The first-order valence-electron chi connectivity index (χ1n) is 4.86. The van der Waals surface area contributed by atoms with E-state index in [1.54, 1.807) is 6.20 Å². The Morgan fingerprint density at radius 1 is 1.25 bits per heavy atom. The van der Waals surface area contributed by atoms with Gasteiger partial charge in [0.05, 0.1) is 11.5 Å². The fourth-order valence-corrected chi connectivity index (χ4v) is 3.78. The first kappa shape index (κ1) is 12.1. The van der Waals surface area contributed by atoms with E-state index in [0.29, 0.717) is 18.0 Å². The molecule has 2 heterocycles. The molecule has 0 unspecified atom stereocenters. The summed E-state index contributed by atoms with van der Waals surface area (Å²) < 4.78 is 22.6. The molecule has 0 saturated carbocycles. The van der Waals surface area contributed by atoms with Crippen molar-refractivity contribution in [3.8, 4) is 0 Å². The van der Waals surface area contributed by atoms with E-state index in [1.807, 2.05) is 0 Å². The zero-order valence-corrected chi connectivity index (χ0v) is 10.7. The van der Waals surface area contributed by atoms with Crippen molar-refractivity contribution in [1.82, 2.24) is 9.97 Å². The Labute approximate surface area is 104 Å². The number of halogens is 2. The summed E-state index contributed by atoms with van der Waals surface area (Å²) in [7, 11) is -2.85. The molecule has 1 aliphatic rings. The molecule has 0 aromatic carbocycles. The molecule has 1 aliphatic heterocycles. The van der Waals surface area contributed by atoms with Crippen LogP contribution in [0.15, 0.2) is 6.20 Å². The number of hydrogen-bond donors (Lipinski definition) is 0. The van der Waals surface area contributed by atoms with E-state index in [2.05, 4.69) is 9.97 Å². The molecule has 88 valence electrons. The number of rotatable bonds is 1. The average molecular weight is 281 g/mol. The van der Waals surface area contributed by atoms with Gasteiger partial charge in [0.1, 0.15) is 15.0 Å². The van der Waals surface area contributed by atoms with E-state index < -0.39 is 9.84 Å². The highest BCUT2D eigenvalue weighted by Crippen LogP contribution is 2.32. The molecule has 1 fully saturated rings. The summed E-state index contributed by atoms with van der Waals surface area (Å²) in [6.07, 6.45) is 2.74. The van der Waals surface area contributed by atoms with Crippen molar-refractivity contribution in [2.75, 3.05) is 11.5 Å². The number of sulfone groups is 1. The summed E-state index contributed by atoms with van der Waals surface area (Å²) in [5.41, 5.74) is 0.793. The van der Waals surface area contributed by atoms with Gasteiger partial charge in [-0.2, -0.15) is 0 Å². The molecule has 0 amide bonds. The molecular formula is C9H10Cl2N2O2S. The lowest BCUT2D eigenvalue weighted by Gasteiger charge is -2.22. The third-order valence-electron chi connectivity index (χ3n) is 2.73. The smallest absolute Gasteiger partial charge is 0.223 e. The van der Waals surface area contributed by atoms with Gasteiger partial charge in [0.25, 0.3) is 0 Å². The second-order valence-electron chi connectivity index (χ2n) is 3.81. The van der Waals surface area contributed by atoms with Gasteiger partial charge < -0.3 is 0 Å². The van der Waals surface area contributed by atoms with Crippen LogP contribution in [0.1, 0.15) is 24.3 Å². The largest absolute Gasteiger partial charge is 0.229 e. The van der Waals surface area contributed by atoms with Crippen LogP contribution in [0.2, 0.25) is 10.4 Å². The van der Waals surface area contributed by atoms with E-state index >= 15 is 0 Å². The maximum atomic E-state index is 11.3. The van der Waals surface area contributed by atoms with E-state index in [4.69, 9.17) is 23.2 Å². The van der Waals surface area contributed by atoms with Crippen LogP contribution in [0.5, 0.6) is 0 Å². The van der Waals surface area contributed by atoms with Crippen molar-refractivity contribution < 1.29 is 8.42 Å². The highest BCUT2D eigenvalue weighted by molar-refractivity contribution is 7.91. The van der Waals surface area contributed by atoms with Crippen LogP contribution in [0.25, 0.3) is 0 Å². The summed E-state index contributed by atoms with van der Waals surface area (Å²) in [4.78, 5) is 7.73. The molecule has 1 saturated heterocycles. The normalized spacial score (nSPS) is 20.9. The lowest BCUT2D eigenvalue weighted by Crippen LogP contribution is -2.22. The summed E-state index contributed by atoms with van der Waals surface area (Å²) in [5.74, 6) is 0.529. The first-order valence-corrected chi connectivity index (χ1v) is 7.44. The van der Waals surface area contributed by atoms with Crippen LogP contribution in [0, 0.1) is 0 Å². The third kappa shape index (κ3) is 2.64. The van der Waals surface area contributed by atoms with Crippen LogP contribution in [0.3, 0.4) is 0 Å². The van der Waals surface area contributed by atoms with Crippen molar-refractivity contribution in [2.24, 2.45) is 0 Å². The average Bonchev–Trinajstić information content (AvgIpc) is 2.19. The van der Waals surface area contributed by atoms with Gasteiger partial charge >= 0.3 is 0 Å². The topological polar surface area (TPSA) is 59.9 Å². The lowest BCUT2D eigenvalue weighted by atomic mass is 9.96. The zero-order chi connectivity index (χ0) is 11.8. The van der Waals surface area contributed by atoms with Crippen molar-refractivity contribution in [1.29, 1.82) is 0 Å². The lowest BCUT2D eigenvalue weighted by molar-refractivity contribution is 0.548. The Balaban J connectivity index is 2.20. The van der Waals surface area contributed by atoms with Gasteiger partial charge in [-0.3, -0.25) is 0 Å². The molecule has 1 aromatic rings. The molecule has 0 radical (unpaired) electrons. The van der Waals surface area contributed by atoms with Gasteiger partial charge in [0, 0.05) is 11.8 Å². The minimum atomic E-state index is -2.85. The van der Waals surface area contributed by atoms with Gasteiger partial charge in [0.2, 0.25) is 5.28 Å². The molecule has 0 atom stereocenters. The van der Waals surface area contributed by atoms with Crippen LogP contribution >= 0.6 is 23.2 Å². The monoisotopic (exact) mass is 280 g/mol. The molecular weight excluding hydrogens is 271 g/mol. The molecule has 0 N–H and O–H groups in total. The van der Waals surface area contributed by atoms with Crippen LogP contribution in [-0.2, 0) is 9.84 Å². The Morgan fingerprint density at radius 2 is 1.88 bits per heavy atom. The van der Waals surface area contributed by atoms with Gasteiger partial charge in [-0.1, -0.05) is 11.6 Å². The van der Waals surface area contributed by atoms with Crippen molar-refractivity contribution in [3.63, 3.8) is 0 Å². The van der Waals surface area contributed by atoms with Gasteiger partial charge in [-0.25, -0.2) is 18.4 Å². The van der Waals surface area contributed by atoms with E-state index in [1.165, 1.54) is 0 Å². The van der Waals surface area contributed by atoms with Crippen LogP contribution in [-0.4, -0.2) is 29.9 Å². The fraction of sp³-hybridized carbons (Fsp3) is 0.556. The van der Waals surface area contributed by atoms with E-state index in [-0.39, 0.29) is 22.7 Å². The molecule has 16 heavy (non-hydrogen) atoms. The van der Waals surface area contributed by atoms with Crippen LogP contribution in [0.4, 0.5) is 0 Å². The molecule has 0 spiro atoms. The van der Waals surface area contributed by atoms with Gasteiger partial charge in [-0.05, 0) is 30.4 Å². The van der Waals surface area contributed by atoms with Gasteiger partial charge in [-0.15, -0.1) is 0 Å². The Bertz CT molecular complexity index is 490. The summed E-state index contributed by atoms with van der Waals surface area (Å²) >= 11 is 11.5. The Morgan fingerprint density at radius 3 is 2.44 bits per heavy atom. The highest BCUT2D eigenvalue weighted by Gasteiger charge is 2.26. The van der Waals surface area contributed by atoms with E-state index in [9.17, 15) is 8.42 Å². The second kappa shape index (κ2) is 4.47. The summed E-state index contributed by atoms with van der Waals surface area (Å²) in [5, 5.41) is 0.432. The summed E-state index contributed by atoms with van der Waals surface area (Å²) in [6, 6.07) is 0. The zero-order valence-electron chi connectivity index (χ0n) is 8.36. The highest BCUT2D eigenvalue weighted by atomic mass is 35.5.